The van der Waals surface area contributed by atoms with Crippen LogP contribution >= 0.6 is 0 Å². The molecule has 0 aliphatic rings. The lowest BCUT2D eigenvalue weighted by Crippen LogP contribution is -2.32. The van der Waals surface area contributed by atoms with Gasteiger partial charge in [-0.25, -0.2) is 0 Å². The van der Waals surface area contributed by atoms with Gasteiger partial charge in [0.15, 0.2) is 0 Å². The minimum Gasteiger partial charge on any atom is -0.495 e. The SMILES string of the molecule is COc1ccc(NC(C)=O)cc1N[C@@H](C)C(=O)Nc1ccc(C(F)(F)F)cc1. The highest BCUT2D eigenvalue weighted by molar-refractivity contribution is 5.96. The van der Waals surface area contributed by atoms with Crippen LogP contribution in [0.25, 0.3) is 0 Å². The third-order valence-electron chi connectivity index (χ3n) is 3.76. The smallest absolute Gasteiger partial charge is 0.416 e. The van der Waals surface area contributed by atoms with E-state index in [0.717, 1.165) is 12.1 Å². The molecular weight excluding hydrogens is 375 g/mol. The highest BCUT2D eigenvalue weighted by atomic mass is 19.4. The standard InChI is InChI=1S/C19H20F3N3O3/c1-11(18(27)25-14-6-4-13(5-7-14)19(20,21)22)23-16-10-15(24-12(2)26)8-9-17(16)28-3/h4-11,23H,1-3H3,(H,24,26)(H,25,27)/t11-/m0/s1. The maximum absolute atomic E-state index is 12.6. The van der Waals surface area contributed by atoms with Crippen LogP contribution in [0.1, 0.15) is 19.4 Å². The van der Waals surface area contributed by atoms with Crippen LogP contribution in [0.15, 0.2) is 42.5 Å². The Bertz CT molecular complexity index is 852. The lowest BCUT2D eigenvalue weighted by atomic mass is 10.2. The largest absolute Gasteiger partial charge is 0.495 e. The molecule has 0 radical (unpaired) electrons. The molecule has 9 heteroatoms. The van der Waals surface area contributed by atoms with Gasteiger partial charge in [0, 0.05) is 18.3 Å². The van der Waals surface area contributed by atoms with Crippen molar-refractivity contribution in [1.29, 1.82) is 0 Å². The van der Waals surface area contributed by atoms with Gasteiger partial charge in [-0.3, -0.25) is 9.59 Å². The first kappa shape index (κ1) is 21.1. The van der Waals surface area contributed by atoms with Crippen molar-refractivity contribution in [3.63, 3.8) is 0 Å². The van der Waals surface area contributed by atoms with Crippen molar-refractivity contribution >= 4 is 28.9 Å². The Morgan fingerprint density at radius 3 is 2.14 bits per heavy atom. The average Bonchev–Trinajstić information content (AvgIpc) is 2.61. The fourth-order valence-electron chi connectivity index (χ4n) is 2.39. The van der Waals surface area contributed by atoms with Crippen molar-refractivity contribution in [2.75, 3.05) is 23.1 Å². The molecule has 2 aromatic carbocycles. The molecule has 0 saturated heterocycles. The number of methoxy groups -OCH3 is 1. The molecule has 1 atom stereocenters. The van der Waals surface area contributed by atoms with Gasteiger partial charge < -0.3 is 20.7 Å². The maximum Gasteiger partial charge on any atom is 0.416 e. The van der Waals surface area contributed by atoms with Crippen LogP contribution in [0.3, 0.4) is 0 Å². The van der Waals surface area contributed by atoms with Crippen LogP contribution in [-0.4, -0.2) is 25.0 Å². The summed E-state index contributed by atoms with van der Waals surface area (Å²) in [5.74, 6) is -0.237. The van der Waals surface area contributed by atoms with Crippen molar-refractivity contribution in [1.82, 2.24) is 0 Å². The van der Waals surface area contributed by atoms with Gasteiger partial charge in [0.1, 0.15) is 11.8 Å². The topological polar surface area (TPSA) is 79.5 Å². The molecule has 0 unspecified atom stereocenters. The number of hydrogen-bond donors (Lipinski definition) is 3. The van der Waals surface area contributed by atoms with E-state index in [1.165, 1.54) is 26.2 Å². The first-order valence-electron chi connectivity index (χ1n) is 8.30. The average molecular weight is 395 g/mol. The molecule has 0 fully saturated rings. The van der Waals surface area contributed by atoms with Gasteiger partial charge in [-0.05, 0) is 49.4 Å². The molecule has 6 nitrogen and oxygen atoms in total. The number of benzene rings is 2. The molecule has 3 N–H and O–H groups in total. The summed E-state index contributed by atoms with van der Waals surface area (Å²) in [6.07, 6.45) is -4.44. The minimum absolute atomic E-state index is 0.241. The summed E-state index contributed by atoms with van der Waals surface area (Å²) >= 11 is 0. The number of carbonyl (C=O) groups excluding carboxylic acids is 2. The second-order valence-electron chi connectivity index (χ2n) is 6.03. The predicted molar refractivity (Wildman–Crippen MR) is 100 cm³/mol. The van der Waals surface area contributed by atoms with Gasteiger partial charge in [-0.15, -0.1) is 0 Å². The van der Waals surface area contributed by atoms with Gasteiger partial charge in [-0.2, -0.15) is 13.2 Å². The highest BCUT2D eigenvalue weighted by Crippen LogP contribution is 2.30. The fraction of sp³-hybridized carbons (Fsp3) is 0.263. The molecule has 0 aromatic heterocycles. The zero-order valence-electron chi connectivity index (χ0n) is 15.5. The number of alkyl halides is 3. The number of ether oxygens (including phenoxy) is 1. The number of nitrogens with one attached hydrogen (secondary N) is 3. The molecule has 28 heavy (non-hydrogen) atoms. The maximum atomic E-state index is 12.6. The molecule has 150 valence electrons. The van der Waals surface area contributed by atoms with E-state index in [9.17, 15) is 22.8 Å². The van der Waals surface area contributed by atoms with Gasteiger partial charge in [0.2, 0.25) is 11.8 Å². The molecule has 0 aliphatic carbocycles. The first-order chi connectivity index (χ1) is 13.1. The number of anilines is 3. The van der Waals surface area contributed by atoms with Crippen LogP contribution in [0.2, 0.25) is 0 Å². The summed E-state index contributed by atoms with van der Waals surface area (Å²) in [6, 6.07) is 8.33. The van der Waals surface area contributed by atoms with Crippen molar-refractivity contribution < 1.29 is 27.5 Å². The Kier molecular flexibility index (Phi) is 6.50. The van der Waals surface area contributed by atoms with E-state index < -0.39 is 23.7 Å². The van der Waals surface area contributed by atoms with Crippen LogP contribution < -0.4 is 20.7 Å². The quantitative estimate of drug-likeness (QED) is 0.688. The van der Waals surface area contributed by atoms with Crippen LogP contribution in [-0.2, 0) is 15.8 Å². The molecule has 0 heterocycles. The van der Waals surface area contributed by atoms with E-state index in [4.69, 9.17) is 4.74 Å². The van der Waals surface area contributed by atoms with E-state index in [2.05, 4.69) is 16.0 Å². The zero-order valence-corrected chi connectivity index (χ0v) is 15.5. The van der Waals surface area contributed by atoms with Gasteiger partial charge >= 0.3 is 6.18 Å². The van der Waals surface area contributed by atoms with E-state index in [1.807, 2.05) is 0 Å². The summed E-state index contributed by atoms with van der Waals surface area (Å²) in [5, 5.41) is 8.14. The van der Waals surface area contributed by atoms with Crippen molar-refractivity contribution in [2.45, 2.75) is 26.1 Å². The Morgan fingerprint density at radius 2 is 1.61 bits per heavy atom. The lowest BCUT2D eigenvalue weighted by Gasteiger charge is -2.18. The van der Waals surface area contributed by atoms with Crippen molar-refractivity contribution in [2.24, 2.45) is 0 Å². The van der Waals surface area contributed by atoms with Gasteiger partial charge in [0.05, 0.1) is 18.4 Å². The third kappa shape index (κ3) is 5.63. The predicted octanol–water partition coefficient (Wildman–Crippen LogP) is 4.11. The minimum atomic E-state index is -4.44. The van der Waals surface area contributed by atoms with Crippen molar-refractivity contribution in [3.8, 4) is 5.75 Å². The molecular formula is C19H20F3N3O3. The first-order valence-corrected chi connectivity index (χ1v) is 8.30. The molecule has 0 aliphatic heterocycles. The second-order valence-corrected chi connectivity index (χ2v) is 6.03. The Morgan fingerprint density at radius 1 is 1.00 bits per heavy atom. The number of rotatable bonds is 6. The molecule has 2 amide bonds. The molecule has 0 saturated carbocycles. The van der Waals surface area contributed by atoms with Crippen LogP contribution in [0.4, 0.5) is 30.2 Å². The summed E-state index contributed by atoms with van der Waals surface area (Å²) in [7, 11) is 1.46. The van der Waals surface area contributed by atoms with E-state index in [0.29, 0.717) is 17.1 Å². The van der Waals surface area contributed by atoms with Crippen molar-refractivity contribution in [3.05, 3.63) is 48.0 Å². The Hall–Kier alpha value is -3.23. The zero-order chi connectivity index (χ0) is 20.9. The van der Waals surface area contributed by atoms with E-state index in [1.54, 1.807) is 25.1 Å². The summed E-state index contributed by atoms with van der Waals surface area (Å²) < 4.78 is 43.0. The summed E-state index contributed by atoms with van der Waals surface area (Å²) in [5.41, 5.74) is 0.441. The third-order valence-corrected chi connectivity index (χ3v) is 3.76. The summed E-state index contributed by atoms with van der Waals surface area (Å²) in [4.78, 5) is 23.6. The fourth-order valence-corrected chi connectivity index (χ4v) is 2.39. The molecule has 0 bridgehead atoms. The number of amides is 2. The lowest BCUT2D eigenvalue weighted by molar-refractivity contribution is -0.137. The summed E-state index contributed by atoms with van der Waals surface area (Å²) in [6.45, 7) is 2.96. The Labute approximate surface area is 160 Å². The molecule has 0 spiro atoms. The number of halogens is 3. The van der Waals surface area contributed by atoms with E-state index >= 15 is 0 Å². The monoisotopic (exact) mass is 395 g/mol. The van der Waals surface area contributed by atoms with E-state index in [-0.39, 0.29) is 11.6 Å². The highest BCUT2D eigenvalue weighted by Gasteiger charge is 2.30. The van der Waals surface area contributed by atoms with Crippen LogP contribution in [0.5, 0.6) is 5.75 Å². The van der Waals surface area contributed by atoms with Gasteiger partial charge in [-0.1, -0.05) is 0 Å². The molecule has 2 aromatic rings. The normalized spacial score (nSPS) is 12.1. The number of hydrogen-bond acceptors (Lipinski definition) is 4. The second kappa shape index (κ2) is 8.64. The number of carbonyl (C=O) groups is 2. The Balaban J connectivity index is 2.08. The van der Waals surface area contributed by atoms with Crippen LogP contribution in [0, 0.1) is 0 Å². The molecule has 2 rings (SSSR count). The van der Waals surface area contributed by atoms with Gasteiger partial charge in [0.25, 0.3) is 0 Å².